The predicted octanol–water partition coefficient (Wildman–Crippen LogP) is 6.53. The van der Waals surface area contributed by atoms with Gasteiger partial charge in [-0.05, 0) is 75.3 Å². The number of aryl methyl sites for hydroxylation is 1. The van der Waals surface area contributed by atoms with Gasteiger partial charge in [0.05, 0.1) is 42.2 Å². The molecule has 0 N–H and O–H groups in total. The number of hydrogen-bond acceptors (Lipinski definition) is 6. The fraction of sp³-hybridized carbons (Fsp3) is 0.367. The van der Waals surface area contributed by atoms with E-state index in [0.717, 1.165) is 66.7 Å². The Morgan fingerprint density at radius 1 is 1.11 bits per heavy atom. The molecule has 6 rings (SSSR count). The maximum atomic E-state index is 15.4. The Labute approximate surface area is 221 Å². The molecular formula is C30H29F2N5O. The van der Waals surface area contributed by atoms with Crippen LogP contribution in [0.1, 0.15) is 55.3 Å². The highest BCUT2D eigenvalue weighted by Gasteiger charge is 2.40. The SMILES string of the molecule is C=C1N(c2c(F)c(C)cc(OC)c2F)Cc2cnc(-c3ccc(C4(C#N)CCC4)nc3)cc2N1C1CCC1. The maximum absolute atomic E-state index is 15.4. The highest BCUT2D eigenvalue weighted by atomic mass is 19.1. The van der Waals surface area contributed by atoms with E-state index in [1.807, 2.05) is 18.2 Å². The second kappa shape index (κ2) is 9.09. The first-order chi connectivity index (χ1) is 18.4. The average Bonchev–Trinajstić information content (AvgIpc) is 2.87. The highest BCUT2D eigenvalue weighted by molar-refractivity contribution is 5.74. The molecule has 8 heteroatoms. The number of ether oxygens (including phenoxy) is 1. The van der Waals surface area contributed by atoms with Crippen LogP contribution >= 0.6 is 0 Å². The number of benzene rings is 1. The molecule has 0 bridgehead atoms. The van der Waals surface area contributed by atoms with Crippen molar-refractivity contribution in [1.82, 2.24) is 9.97 Å². The van der Waals surface area contributed by atoms with E-state index in [2.05, 4.69) is 22.5 Å². The molecule has 1 aliphatic heterocycles. The summed E-state index contributed by atoms with van der Waals surface area (Å²) in [7, 11) is 1.37. The number of fused-ring (bicyclic) bond motifs is 1. The number of methoxy groups -OCH3 is 1. The van der Waals surface area contributed by atoms with Crippen molar-refractivity contribution in [2.75, 3.05) is 16.9 Å². The topological polar surface area (TPSA) is 65.3 Å². The molecule has 1 aromatic carbocycles. The van der Waals surface area contributed by atoms with Crippen LogP contribution in [0, 0.1) is 29.9 Å². The second-order valence-corrected chi connectivity index (χ2v) is 10.5. The first kappa shape index (κ1) is 24.4. The summed E-state index contributed by atoms with van der Waals surface area (Å²) in [4.78, 5) is 13.0. The van der Waals surface area contributed by atoms with Gasteiger partial charge in [0.25, 0.3) is 0 Å². The molecule has 0 radical (unpaired) electrons. The van der Waals surface area contributed by atoms with Crippen molar-refractivity contribution in [2.45, 2.75) is 63.5 Å². The summed E-state index contributed by atoms with van der Waals surface area (Å²) in [6.45, 7) is 6.13. The van der Waals surface area contributed by atoms with E-state index in [9.17, 15) is 5.26 Å². The summed E-state index contributed by atoms with van der Waals surface area (Å²) >= 11 is 0. The molecule has 2 aliphatic carbocycles. The summed E-state index contributed by atoms with van der Waals surface area (Å²) in [5.74, 6) is -0.846. The van der Waals surface area contributed by atoms with Gasteiger partial charge in [-0.3, -0.25) is 9.97 Å². The number of pyridine rings is 2. The fourth-order valence-electron chi connectivity index (χ4n) is 5.66. The van der Waals surface area contributed by atoms with Crippen LogP contribution in [0.2, 0.25) is 0 Å². The summed E-state index contributed by atoms with van der Waals surface area (Å²) in [6.07, 6.45) is 9.32. The lowest BCUT2D eigenvalue weighted by Gasteiger charge is -2.48. The van der Waals surface area contributed by atoms with E-state index >= 15 is 8.78 Å². The molecule has 3 aromatic rings. The maximum Gasteiger partial charge on any atom is 0.191 e. The molecule has 0 unspecified atom stereocenters. The van der Waals surface area contributed by atoms with Gasteiger partial charge in [-0.1, -0.05) is 6.58 Å². The Kier molecular flexibility index (Phi) is 5.82. The first-order valence-corrected chi connectivity index (χ1v) is 13.0. The highest BCUT2D eigenvalue weighted by Crippen LogP contribution is 2.45. The van der Waals surface area contributed by atoms with Crippen molar-refractivity contribution in [3.05, 3.63) is 77.5 Å². The molecule has 2 saturated carbocycles. The summed E-state index contributed by atoms with van der Waals surface area (Å²) in [6, 6.07) is 9.91. The van der Waals surface area contributed by atoms with Crippen molar-refractivity contribution >= 4 is 11.4 Å². The molecule has 38 heavy (non-hydrogen) atoms. The van der Waals surface area contributed by atoms with Gasteiger partial charge < -0.3 is 14.5 Å². The zero-order valence-corrected chi connectivity index (χ0v) is 21.6. The molecule has 0 saturated heterocycles. The van der Waals surface area contributed by atoms with Crippen molar-refractivity contribution in [3.63, 3.8) is 0 Å². The Hall–Kier alpha value is -3.99. The van der Waals surface area contributed by atoms with Gasteiger partial charge in [0.15, 0.2) is 17.4 Å². The van der Waals surface area contributed by atoms with Gasteiger partial charge >= 0.3 is 0 Å². The Morgan fingerprint density at radius 2 is 1.89 bits per heavy atom. The molecule has 2 aromatic heterocycles. The van der Waals surface area contributed by atoms with Crippen molar-refractivity contribution < 1.29 is 13.5 Å². The van der Waals surface area contributed by atoms with Gasteiger partial charge in [-0.25, -0.2) is 8.78 Å². The van der Waals surface area contributed by atoms with E-state index in [-0.39, 0.29) is 24.0 Å². The zero-order chi connectivity index (χ0) is 26.6. The average molecular weight is 514 g/mol. The molecule has 6 nitrogen and oxygen atoms in total. The van der Waals surface area contributed by atoms with Crippen LogP contribution in [0.5, 0.6) is 5.75 Å². The third kappa shape index (κ3) is 3.64. The lowest BCUT2D eigenvalue weighted by atomic mass is 9.67. The summed E-state index contributed by atoms with van der Waals surface area (Å²) in [5, 5.41) is 9.65. The van der Waals surface area contributed by atoms with Gasteiger partial charge in [0, 0.05) is 29.6 Å². The number of rotatable bonds is 5. The van der Waals surface area contributed by atoms with Gasteiger partial charge in [-0.15, -0.1) is 0 Å². The monoisotopic (exact) mass is 513 g/mol. The van der Waals surface area contributed by atoms with Crippen molar-refractivity contribution in [3.8, 4) is 23.1 Å². The Bertz CT molecular complexity index is 1470. The van der Waals surface area contributed by atoms with E-state index < -0.39 is 17.0 Å². The first-order valence-electron chi connectivity index (χ1n) is 13.0. The number of anilines is 2. The third-order valence-electron chi connectivity index (χ3n) is 8.37. The van der Waals surface area contributed by atoms with Gasteiger partial charge in [-0.2, -0.15) is 5.26 Å². The minimum Gasteiger partial charge on any atom is -0.494 e. The van der Waals surface area contributed by atoms with Crippen LogP contribution in [0.3, 0.4) is 0 Å². The third-order valence-corrected chi connectivity index (χ3v) is 8.37. The van der Waals surface area contributed by atoms with Crippen LogP contribution in [0.4, 0.5) is 20.2 Å². The van der Waals surface area contributed by atoms with E-state index in [1.54, 1.807) is 24.2 Å². The molecule has 3 heterocycles. The lowest BCUT2D eigenvalue weighted by Crippen LogP contribution is -2.48. The molecule has 3 aliphatic rings. The van der Waals surface area contributed by atoms with Crippen LogP contribution in [-0.4, -0.2) is 23.1 Å². The number of hydrogen-bond donors (Lipinski definition) is 0. The number of aromatic nitrogens is 2. The quantitative estimate of drug-likeness (QED) is 0.386. The van der Waals surface area contributed by atoms with E-state index in [4.69, 9.17) is 9.72 Å². The van der Waals surface area contributed by atoms with Crippen LogP contribution in [-0.2, 0) is 12.0 Å². The number of nitrogens with zero attached hydrogens (tertiary/aromatic N) is 5. The molecule has 0 spiro atoms. The van der Waals surface area contributed by atoms with Crippen molar-refractivity contribution in [2.24, 2.45) is 0 Å². The number of nitriles is 1. The predicted molar refractivity (Wildman–Crippen MR) is 142 cm³/mol. The largest absolute Gasteiger partial charge is 0.494 e. The molecular weight excluding hydrogens is 484 g/mol. The standard InChI is InChI=1S/C30H29F2N5O/c1-18-12-25(38-3)28(32)29(27(18)31)36-16-21-15-34-23(13-24(21)37(19(36)2)22-6-4-7-22)20-8-9-26(35-14-20)30(17-33)10-5-11-30/h8-9,12-15,22H,2,4-7,10-11,16H2,1,3H3. The Balaban J connectivity index is 1.40. The summed E-state index contributed by atoms with van der Waals surface area (Å²) < 4.78 is 36.0. The van der Waals surface area contributed by atoms with Crippen LogP contribution in [0.15, 0.2) is 49.1 Å². The molecule has 194 valence electrons. The Morgan fingerprint density at radius 3 is 2.47 bits per heavy atom. The molecule has 0 atom stereocenters. The minimum absolute atomic E-state index is 0.00260. The van der Waals surface area contributed by atoms with E-state index in [0.29, 0.717) is 11.4 Å². The van der Waals surface area contributed by atoms with Crippen LogP contribution < -0.4 is 14.5 Å². The lowest BCUT2D eigenvalue weighted by molar-refractivity contribution is 0.316. The second-order valence-electron chi connectivity index (χ2n) is 10.5. The molecule has 0 amide bonds. The molecule has 2 fully saturated rings. The smallest absolute Gasteiger partial charge is 0.191 e. The van der Waals surface area contributed by atoms with Crippen molar-refractivity contribution in [1.29, 1.82) is 5.26 Å². The van der Waals surface area contributed by atoms with Crippen LogP contribution in [0.25, 0.3) is 11.3 Å². The zero-order valence-electron chi connectivity index (χ0n) is 21.6. The minimum atomic E-state index is -0.744. The van der Waals surface area contributed by atoms with Gasteiger partial charge in [0.1, 0.15) is 11.5 Å². The summed E-state index contributed by atoms with van der Waals surface area (Å²) in [5.41, 5.74) is 3.89. The number of halogens is 2. The van der Waals surface area contributed by atoms with E-state index in [1.165, 1.54) is 13.2 Å². The normalized spacial score (nSPS) is 18.3. The van der Waals surface area contributed by atoms with Gasteiger partial charge in [0.2, 0.25) is 0 Å². The fourth-order valence-corrected chi connectivity index (χ4v) is 5.66.